The molecule has 0 bridgehead atoms. The zero-order valence-corrected chi connectivity index (χ0v) is 21.8. The molecule has 5 rings (SSSR count). The Labute approximate surface area is 213 Å². The minimum atomic E-state index is 0.986. The van der Waals surface area contributed by atoms with Crippen LogP contribution >= 0.6 is 11.8 Å². The van der Waals surface area contributed by atoms with Crippen molar-refractivity contribution in [3.8, 4) is 5.69 Å². The molecule has 35 heavy (non-hydrogen) atoms. The van der Waals surface area contributed by atoms with E-state index >= 15 is 0 Å². The lowest BCUT2D eigenvalue weighted by molar-refractivity contribution is -0.553. The van der Waals surface area contributed by atoms with Crippen molar-refractivity contribution in [1.82, 2.24) is 4.90 Å². The van der Waals surface area contributed by atoms with Gasteiger partial charge in [-0.15, -0.1) is 0 Å². The molecule has 0 saturated heterocycles. The number of para-hydroxylation sites is 3. The molecule has 0 unspecified atom stereocenters. The molecule has 4 aromatic rings. The van der Waals surface area contributed by atoms with Gasteiger partial charge in [-0.05, 0) is 62.5 Å². The van der Waals surface area contributed by atoms with Crippen molar-refractivity contribution in [2.75, 3.05) is 51.1 Å². The van der Waals surface area contributed by atoms with Gasteiger partial charge in [0, 0.05) is 29.9 Å². The van der Waals surface area contributed by atoms with Crippen LogP contribution in [0, 0.1) is 0 Å². The van der Waals surface area contributed by atoms with E-state index in [1.165, 1.54) is 43.6 Å². The fraction of sp³-hybridized carbons (Fsp3) is 0.233. The maximum absolute atomic E-state index is 2.40. The van der Waals surface area contributed by atoms with E-state index in [-0.39, 0.29) is 0 Å². The first-order valence-electron chi connectivity index (χ1n) is 12.1. The summed E-state index contributed by atoms with van der Waals surface area (Å²) in [7, 11) is 8.65. The third kappa shape index (κ3) is 4.79. The molecule has 0 amide bonds. The molecule has 0 fully saturated rings. The zero-order valence-electron chi connectivity index (χ0n) is 21.0. The van der Waals surface area contributed by atoms with Gasteiger partial charge in [0.15, 0.2) is 0 Å². The fourth-order valence-corrected chi connectivity index (χ4v) is 5.79. The maximum atomic E-state index is 2.40. The van der Waals surface area contributed by atoms with E-state index < -0.39 is 0 Å². The van der Waals surface area contributed by atoms with Crippen LogP contribution in [0.25, 0.3) is 22.7 Å². The number of nitrogens with zero attached hydrogens (tertiary/aromatic N) is 4. The first kappa shape index (κ1) is 23.5. The van der Waals surface area contributed by atoms with Crippen LogP contribution < -0.4 is 14.4 Å². The Hall–Kier alpha value is -3.28. The Bertz CT molecular complexity index is 1360. The average molecular weight is 482 g/mol. The van der Waals surface area contributed by atoms with Crippen LogP contribution in [-0.2, 0) is 0 Å². The molecule has 178 valence electrons. The van der Waals surface area contributed by atoms with Gasteiger partial charge in [-0.3, -0.25) is 4.90 Å². The molecular weight excluding hydrogens is 448 g/mol. The van der Waals surface area contributed by atoms with Crippen molar-refractivity contribution in [2.45, 2.75) is 11.3 Å². The molecule has 1 aliphatic heterocycles. The number of hydrogen-bond acceptors (Lipinski definition) is 4. The number of aromatic nitrogens is 1. The SMILES string of the molecule is CN(C)CCCN(C)c1cc(C=C2Sc3ccccc3N2C)c2ccccc2[n+]1-c1ccccc1. The van der Waals surface area contributed by atoms with Gasteiger partial charge >= 0.3 is 0 Å². The third-order valence-electron chi connectivity index (χ3n) is 6.52. The van der Waals surface area contributed by atoms with Gasteiger partial charge in [0.05, 0.1) is 24.3 Å². The number of hydrogen-bond donors (Lipinski definition) is 0. The first-order valence-corrected chi connectivity index (χ1v) is 13.0. The van der Waals surface area contributed by atoms with Crippen LogP contribution in [0.2, 0.25) is 0 Å². The van der Waals surface area contributed by atoms with E-state index in [1.807, 2.05) is 11.8 Å². The predicted octanol–water partition coefficient (Wildman–Crippen LogP) is 6.04. The highest BCUT2D eigenvalue weighted by molar-refractivity contribution is 8.03. The number of anilines is 2. The molecule has 1 aliphatic rings. The van der Waals surface area contributed by atoms with E-state index in [4.69, 9.17) is 0 Å². The quantitative estimate of drug-likeness (QED) is 0.298. The molecule has 2 heterocycles. The molecular formula is C30H33N4S+. The second-order valence-electron chi connectivity index (χ2n) is 9.34. The second kappa shape index (κ2) is 10.1. The summed E-state index contributed by atoms with van der Waals surface area (Å²) in [6, 6.07) is 30.4. The molecule has 0 radical (unpaired) electrons. The van der Waals surface area contributed by atoms with Crippen molar-refractivity contribution >= 4 is 40.2 Å². The molecule has 0 spiro atoms. The molecule has 0 saturated carbocycles. The lowest BCUT2D eigenvalue weighted by Gasteiger charge is -2.20. The number of benzene rings is 3. The third-order valence-corrected chi connectivity index (χ3v) is 7.69. The standard InChI is InChI=1S/C30H33N4S/c1-31(2)19-12-20-32(3)29-21-23(22-30-33(4)27-17-10-11-18-28(27)35-30)25-15-8-9-16-26(25)34(29)24-13-6-5-7-14-24/h5-11,13-18,21-22H,12,19-20H2,1-4H3/q+1. The van der Waals surface area contributed by atoms with Crippen molar-refractivity contribution in [2.24, 2.45) is 0 Å². The predicted molar refractivity (Wildman–Crippen MR) is 151 cm³/mol. The van der Waals surface area contributed by atoms with Gasteiger partial charge in [0.2, 0.25) is 0 Å². The number of rotatable bonds is 7. The fourth-order valence-electron chi connectivity index (χ4n) is 4.68. The highest BCUT2D eigenvalue weighted by Gasteiger charge is 2.25. The summed E-state index contributed by atoms with van der Waals surface area (Å²) in [6.07, 6.45) is 3.45. The monoisotopic (exact) mass is 481 g/mol. The van der Waals surface area contributed by atoms with Gasteiger partial charge in [-0.1, -0.05) is 60.3 Å². The topological polar surface area (TPSA) is 13.6 Å². The molecule has 5 heteroatoms. The van der Waals surface area contributed by atoms with Gasteiger partial charge in [0.25, 0.3) is 5.82 Å². The molecule has 0 aliphatic carbocycles. The van der Waals surface area contributed by atoms with E-state index in [0.717, 1.165) is 19.5 Å². The Morgan fingerprint density at radius 2 is 1.57 bits per heavy atom. The highest BCUT2D eigenvalue weighted by Crippen LogP contribution is 2.45. The summed E-state index contributed by atoms with van der Waals surface area (Å²) < 4.78 is 2.40. The molecule has 3 aromatic carbocycles. The second-order valence-corrected chi connectivity index (χ2v) is 10.4. The number of thioether (sulfide) groups is 1. The molecule has 0 N–H and O–H groups in total. The minimum absolute atomic E-state index is 0.986. The number of pyridine rings is 1. The normalized spacial score (nSPS) is 14.2. The van der Waals surface area contributed by atoms with Crippen LogP contribution in [0.1, 0.15) is 12.0 Å². The van der Waals surface area contributed by atoms with Crippen LogP contribution in [0.5, 0.6) is 0 Å². The van der Waals surface area contributed by atoms with E-state index in [1.54, 1.807) is 0 Å². The average Bonchev–Trinajstić information content (AvgIpc) is 3.19. The Kier molecular flexibility index (Phi) is 6.80. The summed E-state index contributed by atoms with van der Waals surface area (Å²) in [6.45, 7) is 2.05. The summed E-state index contributed by atoms with van der Waals surface area (Å²) >= 11 is 1.84. The van der Waals surface area contributed by atoms with Crippen LogP contribution in [0.15, 0.2) is 94.9 Å². The summed E-state index contributed by atoms with van der Waals surface area (Å²) in [4.78, 5) is 8.25. The van der Waals surface area contributed by atoms with E-state index in [9.17, 15) is 0 Å². The Morgan fingerprint density at radius 3 is 2.34 bits per heavy atom. The molecule has 1 aromatic heterocycles. The molecule has 4 nitrogen and oxygen atoms in total. The maximum Gasteiger partial charge on any atom is 0.282 e. The minimum Gasteiger partial charge on any atom is -0.338 e. The highest BCUT2D eigenvalue weighted by atomic mass is 32.2. The van der Waals surface area contributed by atoms with Gasteiger partial charge < -0.3 is 9.80 Å². The largest absolute Gasteiger partial charge is 0.338 e. The number of fused-ring (bicyclic) bond motifs is 2. The van der Waals surface area contributed by atoms with Crippen molar-refractivity contribution in [1.29, 1.82) is 0 Å². The molecule has 0 atom stereocenters. The zero-order chi connectivity index (χ0) is 24.4. The van der Waals surface area contributed by atoms with Gasteiger partial charge in [0.1, 0.15) is 11.2 Å². The lowest BCUT2D eigenvalue weighted by Crippen LogP contribution is -2.40. The summed E-state index contributed by atoms with van der Waals surface area (Å²) in [5.41, 5.74) is 4.90. The van der Waals surface area contributed by atoms with Gasteiger partial charge in [-0.2, -0.15) is 4.57 Å². The Morgan fingerprint density at radius 1 is 0.857 bits per heavy atom. The lowest BCUT2D eigenvalue weighted by atomic mass is 10.1. The van der Waals surface area contributed by atoms with Crippen molar-refractivity contribution < 1.29 is 4.57 Å². The summed E-state index contributed by atoms with van der Waals surface area (Å²) in [5.74, 6) is 1.20. The van der Waals surface area contributed by atoms with Crippen molar-refractivity contribution in [3.05, 3.63) is 95.5 Å². The van der Waals surface area contributed by atoms with Crippen molar-refractivity contribution in [3.63, 3.8) is 0 Å². The van der Waals surface area contributed by atoms with Crippen LogP contribution in [0.4, 0.5) is 11.5 Å². The van der Waals surface area contributed by atoms with E-state index in [0.29, 0.717) is 0 Å². The van der Waals surface area contributed by atoms with Crippen LogP contribution in [-0.4, -0.2) is 46.2 Å². The first-order chi connectivity index (χ1) is 17.0. The Balaban J connectivity index is 1.66. The van der Waals surface area contributed by atoms with E-state index in [2.05, 4.69) is 138 Å². The van der Waals surface area contributed by atoms with Crippen LogP contribution in [0.3, 0.4) is 0 Å². The smallest absolute Gasteiger partial charge is 0.282 e. The van der Waals surface area contributed by atoms with Gasteiger partial charge in [-0.25, -0.2) is 0 Å². The summed E-state index contributed by atoms with van der Waals surface area (Å²) in [5, 5.41) is 2.49.